The van der Waals surface area contributed by atoms with Gasteiger partial charge < -0.3 is 19.3 Å². The van der Waals surface area contributed by atoms with Crippen molar-refractivity contribution in [3.05, 3.63) is 88.7 Å². The molecular weight excluding hydrogens is 488 g/mol. The number of hydrogen-bond donors (Lipinski definition) is 0. The Morgan fingerprint density at radius 1 is 0.769 bits per heavy atom. The summed E-state index contributed by atoms with van der Waals surface area (Å²) in [6, 6.07) is 19.6. The predicted octanol–water partition coefficient (Wildman–Crippen LogP) is 4.70. The molecule has 3 aromatic rings. The minimum absolute atomic E-state index is 0.0614. The number of anilines is 1. The Balaban J connectivity index is 1.27. The number of carbonyl (C=O) groups excluding carboxylic acids is 3. The van der Waals surface area contributed by atoms with Gasteiger partial charge in [-0.15, -0.1) is 0 Å². The number of hydrogen-bond acceptors (Lipinski definition) is 4. The summed E-state index contributed by atoms with van der Waals surface area (Å²) in [5.41, 5.74) is 4.99. The third-order valence-electron chi connectivity index (χ3n) is 8.70. The predicted molar refractivity (Wildman–Crippen MR) is 151 cm³/mol. The van der Waals surface area contributed by atoms with Crippen molar-refractivity contribution in [2.24, 2.45) is 0 Å². The van der Waals surface area contributed by atoms with Crippen LogP contribution in [0.25, 0.3) is 0 Å². The summed E-state index contributed by atoms with van der Waals surface area (Å²) in [7, 11) is 2.02. The van der Waals surface area contributed by atoms with Crippen LogP contribution in [0.1, 0.15) is 75.7 Å². The molecule has 202 valence electrons. The molecule has 1 saturated carbocycles. The maximum atomic E-state index is 13.9. The normalized spacial score (nSPS) is 18.3. The smallest absolute Gasteiger partial charge is 0.296 e. The highest BCUT2D eigenvalue weighted by Crippen LogP contribution is 2.34. The minimum Gasteiger partial charge on any atom is -0.335 e. The Morgan fingerprint density at radius 3 is 2.23 bits per heavy atom. The van der Waals surface area contributed by atoms with Gasteiger partial charge in [0, 0.05) is 43.1 Å². The molecule has 0 atom stereocenters. The van der Waals surface area contributed by atoms with E-state index in [1.807, 2.05) is 54.1 Å². The van der Waals surface area contributed by atoms with Crippen molar-refractivity contribution >= 4 is 23.3 Å². The average molecular weight is 525 g/mol. The van der Waals surface area contributed by atoms with E-state index in [0.29, 0.717) is 43.4 Å². The molecule has 1 aliphatic carbocycles. The number of aromatic nitrogens is 1. The molecule has 0 N–H and O–H groups in total. The second-order valence-corrected chi connectivity index (χ2v) is 11.2. The molecule has 7 heteroatoms. The number of ketones is 1. The highest BCUT2D eigenvalue weighted by atomic mass is 16.2. The molecule has 1 aromatic heterocycles. The summed E-state index contributed by atoms with van der Waals surface area (Å²) < 4.78 is 1.91. The van der Waals surface area contributed by atoms with Crippen LogP contribution in [0.5, 0.6) is 0 Å². The number of para-hydroxylation sites is 1. The Morgan fingerprint density at radius 2 is 1.49 bits per heavy atom. The van der Waals surface area contributed by atoms with Gasteiger partial charge in [-0.3, -0.25) is 14.4 Å². The zero-order valence-electron chi connectivity index (χ0n) is 22.6. The van der Waals surface area contributed by atoms with Gasteiger partial charge >= 0.3 is 0 Å². The van der Waals surface area contributed by atoms with Crippen LogP contribution in [-0.4, -0.2) is 65.2 Å². The molecule has 2 aliphatic heterocycles. The SMILES string of the molecule is CN1CCN(C(=O)C(=O)c2ccc3n2Cc2ccccc2N(C(=O)c2ccc(C4CCCCC4)cc2)C3)CC1. The van der Waals surface area contributed by atoms with E-state index >= 15 is 0 Å². The van der Waals surface area contributed by atoms with Gasteiger partial charge in [-0.2, -0.15) is 0 Å². The van der Waals surface area contributed by atoms with Crippen molar-refractivity contribution in [2.75, 3.05) is 38.1 Å². The number of likely N-dealkylation sites (N-methyl/N-ethyl adjacent to an activating group) is 1. The van der Waals surface area contributed by atoms with Gasteiger partial charge in [-0.1, -0.05) is 49.6 Å². The molecule has 0 spiro atoms. The number of nitrogens with zero attached hydrogens (tertiary/aromatic N) is 4. The average Bonchev–Trinajstić information content (AvgIpc) is 3.29. The molecule has 0 bridgehead atoms. The molecule has 1 saturated heterocycles. The molecule has 7 nitrogen and oxygen atoms in total. The molecule has 0 unspecified atom stereocenters. The van der Waals surface area contributed by atoms with E-state index in [0.717, 1.165) is 30.0 Å². The van der Waals surface area contributed by atoms with Gasteiger partial charge in [0.15, 0.2) is 0 Å². The maximum Gasteiger partial charge on any atom is 0.296 e. The highest BCUT2D eigenvalue weighted by molar-refractivity contribution is 6.42. The molecular formula is C32H36N4O3. The summed E-state index contributed by atoms with van der Waals surface area (Å²) in [5, 5.41) is 0. The molecule has 3 aliphatic rings. The fourth-order valence-corrected chi connectivity index (χ4v) is 6.29. The Bertz CT molecular complexity index is 1380. The first-order valence-electron chi connectivity index (χ1n) is 14.2. The van der Waals surface area contributed by atoms with Crippen molar-refractivity contribution in [2.45, 2.75) is 51.1 Å². The van der Waals surface area contributed by atoms with Crippen molar-refractivity contribution in [3.8, 4) is 0 Å². The molecule has 2 amide bonds. The lowest BCUT2D eigenvalue weighted by Gasteiger charge is -2.31. The number of benzene rings is 2. The first kappa shape index (κ1) is 25.6. The Kier molecular flexibility index (Phi) is 7.09. The fraction of sp³-hybridized carbons (Fsp3) is 0.406. The summed E-state index contributed by atoms with van der Waals surface area (Å²) >= 11 is 0. The quantitative estimate of drug-likeness (QED) is 0.367. The van der Waals surface area contributed by atoms with E-state index < -0.39 is 11.7 Å². The van der Waals surface area contributed by atoms with Gasteiger partial charge in [0.05, 0.1) is 18.8 Å². The van der Waals surface area contributed by atoms with Crippen molar-refractivity contribution in [1.29, 1.82) is 0 Å². The van der Waals surface area contributed by atoms with Crippen LogP contribution < -0.4 is 4.90 Å². The van der Waals surface area contributed by atoms with Gasteiger partial charge in [0.1, 0.15) is 0 Å². The monoisotopic (exact) mass is 524 g/mol. The molecule has 2 fully saturated rings. The molecule has 39 heavy (non-hydrogen) atoms. The van der Waals surface area contributed by atoms with Gasteiger partial charge in [-0.25, -0.2) is 0 Å². The number of carbonyl (C=O) groups is 3. The molecule has 0 radical (unpaired) electrons. The Labute approximate surface area is 230 Å². The van der Waals surface area contributed by atoms with Gasteiger partial charge in [0.25, 0.3) is 17.6 Å². The number of amides is 2. The maximum absolute atomic E-state index is 13.9. The van der Waals surface area contributed by atoms with Crippen molar-refractivity contribution in [3.63, 3.8) is 0 Å². The second-order valence-electron chi connectivity index (χ2n) is 11.2. The molecule has 3 heterocycles. The van der Waals surface area contributed by atoms with Crippen LogP contribution in [0.2, 0.25) is 0 Å². The third kappa shape index (κ3) is 5.03. The number of piperazine rings is 1. The van der Waals surface area contributed by atoms with E-state index in [-0.39, 0.29) is 5.91 Å². The van der Waals surface area contributed by atoms with Gasteiger partial charge in [-0.05, 0) is 67.3 Å². The molecule has 6 rings (SSSR count). The summed E-state index contributed by atoms with van der Waals surface area (Å²) in [4.78, 5) is 46.0. The Hall–Kier alpha value is -3.71. The van der Waals surface area contributed by atoms with Crippen LogP contribution in [0.15, 0.2) is 60.7 Å². The highest BCUT2D eigenvalue weighted by Gasteiger charge is 2.31. The van der Waals surface area contributed by atoms with Crippen LogP contribution >= 0.6 is 0 Å². The second kappa shape index (κ2) is 10.8. The fourth-order valence-electron chi connectivity index (χ4n) is 6.29. The van der Waals surface area contributed by atoms with E-state index in [1.54, 1.807) is 15.9 Å². The third-order valence-corrected chi connectivity index (χ3v) is 8.70. The zero-order chi connectivity index (χ0) is 26.9. The van der Waals surface area contributed by atoms with Crippen molar-refractivity contribution in [1.82, 2.24) is 14.4 Å². The largest absolute Gasteiger partial charge is 0.335 e. The zero-order valence-corrected chi connectivity index (χ0v) is 22.6. The van der Waals surface area contributed by atoms with E-state index in [2.05, 4.69) is 17.0 Å². The summed E-state index contributed by atoms with van der Waals surface area (Å²) in [5.74, 6) is -0.405. The first-order chi connectivity index (χ1) is 19.0. The van der Waals surface area contributed by atoms with E-state index in [4.69, 9.17) is 0 Å². The summed E-state index contributed by atoms with van der Waals surface area (Å²) in [6.45, 7) is 3.39. The minimum atomic E-state index is -0.485. The topological polar surface area (TPSA) is 65.9 Å². The standard InChI is InChI=1S/C32H36N4O3/c1-33-17-19-34(20-18-33)32(39)30(37)29-16-15-27-22-36(28-10-6-5-9-26(28)21-35(27)29)31(38)25-13-11-24(12-14-25)23-7-3-2-4-8-23/h5-6,9-16,23H,2-4,7-8,17-22H2,1H3. The lowest BCUT2D eigenvalue weighted by atomic mass is 9.84. The van der Waals surface area contributed by atoms with Crippen LogP contribution in [0.4, 0.5) is 5.69 Å². The van der Waals surface area contributed by atoms with E-state index in [1.165, 1.54) is 37.7 Å². The van der Waals surface area contributed by atoms with Crippen molar-refractivity contribution < 1.29 is 14.4 Å². The van der Waals surface area contributed by atoms with Crippen LogP contribution in [0.3, 0.4) is 0 Å². The van der Waals surface area contributed by atoms with Gasteiger partial charge in [0.2, 0.25) is 0 Å². The number of Topliss-reactive ketones (excluding diaryl/α,β-unsaturated/α-hetero) is 1. The lowest BCUT2D eigenvalue weighted by molar-refractivity contribution is -0.128. The van der Waals surface area contributed by atoms with E-state index in [9.17, 15) is 14.4 Å². The first-order valence-corrected chi connectivity index (χ1v) is 14.2. The lowest BCUT2D eigenvalue weighted by Crippen LogP contribution is -2.49. The molecule has 2 aromatic carbocycles. The summed E-state index contributed by atoms with van der Waals surface area (Å²) in [6.07, 6.45) is 6.33. The number of fused-ring (bicyclic) bond motifs is 2. The number of rotatable bonds is 4. The van der Waals surface area contributed by atoms with Crippen LogP contribution in [-0.2, 0) is 17.9 Å². The van der Waals surface area contributed by atoms with Crippen LogP contribution in [0, 0.1) is 0 Å².